The highest BCUT2D eigenvalue weighted by Crippen LogP contribution is 2.19. The molecule has 1 atom stereocenters. The fraction of sp³-hybridized carbons (Fsp3) is 0.308. The molecule has 90 valence electrons. The molecule has 0 saturated carbocycles. The first kappa shape index (κ1) is 11.8. The van der Waals surface area contributed by atoms with Crippen LogP contribution in [0, 0.1) is 12.7 Å². The molecule has 0 bridgehead atoms. The molecule has 0 amide bonds. The van der Waals surface area contributed by atoms with Crippen LogP contribution in [0.15, 0.2) is 36.7 Å². The van der Waals surface area contributed by atoms with E-state index in [4.69, 9.17) is 5.73 Å². The van der Waals surface area contributed by atoms with Gasteiger partial charge >= 0.3 is 0 Å². The van der Waals surface area contributed by atoms with Crippen LogP contribution in [0.1, 0.15) is 17.0 Å². The Morgan fingerprint density at radius 1 is 1.41 bits per heavy atom. The highest BCUT2D eigenvalue weighted by Gasteiger charge is 2.14. The van der Waals surface area contributed by atoms with Crippen molar-refractivity contribution in [3.63, 3.8) is 0 Å². The Hall–Kier alpha value is -1.68. The van der Waals surface area contributed by atoms with Gasteiger partial charge in [0, 0.05) is 25.2 Å². The molecule has 0 radical (unpaired) electrons. The molecule has 1 unspecified atom stereocenters. The molecule has 0 saturated heterocycles. The summed E-state index contributed by atoms with van der Waals surface area (Å²) >= 11 is 0. The number of nitrogens with zero attached hydrogens (tertiary/aromatic N) is 2. The molecule has 2 N–H and O–H groups in total. The van der Waals surface area contributed by atoms with E-state index in [1.54, 1.807) is 23.0 Å². The molecule has 0 aliphatic rings. The van der Waals surface area contributed by atoms with Gasteiger partial charge in [-0.05, 0) is 24.1 Å². The monoisotopic (exact) mass is 233 g/mol. The Labute approximate surface area is 100 Å². The van der Waals surface area contributed by atoms with E-state index in [9.17, 15) is 4.39 Å². The maximum absolute atomic E-state index is 13.6. The van der Waals surface area contributed by atoms with Gasteiger partial charge in [0.15, 0.2) is 0 Å². The number of benzene rings is 1. The highest BCUT2D eigenvalue weighted by molar-refractivity contribution is 5.22. The molecule has 1 aromatic heterocycles. The normalized spacial score (nSPS) is 12.6. The summed E-state index contributed by atoms with van der Waals surface area (Å²) in [6.07, 6.45) is 3.72. The standard InChI is InChI=1S/C13H16FN3/c1-10-7-16-17(8-10)9-11(6-15)12-4-2-3-5-13(12)14/h2-5,7-8,11H,6,9,15H2,1H3. The molecule has 0 spiro atoms. The molecule has 0 fully saturated rings. The number of halogens is 1. The Kier molecular flexibility index (Phi) is 3.54. The second-order valence-electron chi connectivity index (χ2n) is 4.19. The summed E-state index contributed by atoms with van der Waals surface area (Å²) in [6, 6.07) is 6.76. The number of nitrogens with two attached hydrogens (primary N) is 1. The third-order valence-electron chi connectivity index (χ3n) is 2.80. The minimum Gasteiger partial charge on any atom is -0.330 e. The summed E-state index contributed by atoms with van der Waals surface area (Å²) in [5, 5.41) is 4.20. The fourth-order valence-electron chi connectivity index (χ4n) is 1.90. The van der Waals surface area contributed by atoms with Crippen LogP contribution in [-0.2, 0) is 6.54 Å². The van der Waals surface area contributed by atoms with Crippen LogP contribution >= 0.6 is 0 Å². The van der Waals surface area contributed by atoms with Gasteiger partial charge in [-0.15, -0.1) is 0 Å². The first-order chi connectivity index (χ1) is 8.20. The molecular formula is C13H16FN3. The van der Waals surface area contributed by atoms with Gasteiger partial charge in [0.1, 0.15) is 5.82 Å². The predicted molar refractivity (Wildman–Crippen MR) is 65.2 cm³/mol. The smallest absolute Gasteiger partial charge is 0.126 e. The maximum atomic E-state index is 13.6. The van der Waals surface area contributed by atoms with Gasteiger partial charge in [0.25, 0.3) is 0 Å². The van der Waals surface area contributed by atoms with Crippen LogP contribution in [0.4, 0.5) is 4.39 Å². The van der Waals surface area contributed by atoms with E-state index >= 15 is 0 Å². The van der Waals surface area contributed by atoms with E-state index in [1.807, 2.05) is 19.2 Å². The fourth-order valence-corrected chi connectivity index (χ4v) is 1.90. The van der Waals surface area contributed by atoms with E-state index in [1.165, 1.54) is 6.07 Å². The lowest BCUT2D eigenvalue weighted by molar-refractivity contribution is 0.496. The lowest BCUT2D eigenvalue weighted by atomic mass is 9.99. The molecule has 3 nitrogen and oxygen atoms in total. The van der Waals surface area contributed by atoms with E-state index < -0.39 is 0 Å². The van der Waals surface area contributed by atoms with E-state index in [0.717, 1.165) is 5.56 Å². The quantitative estimate of drug-likeness (QED) is 0.878. The third kappa shape index (κ3) is 2.71. The number of aryl methyl sites for hydroxylation is 1. The number of hydrogen-bond acceptors (Lipinski definition) is 2. The van der Waals surface area contributed by atoms with Crippen LogP contribution < -0.4 is 5.73 Å². The number of aromatic nitrogens is 2. The first-order valence-corrected chi connectivity index (χ1v) is 5.64. The van der Waals surface area contributed by atoms with Crippen molar-refractivity contribution >= 4 is 0 Å². The van der Waals surface area contributed by atoms with Crippen molar-refractivity contribution in [1.82, 2.24) is 9.78 Å². The SMILES string of the molecule is Cc1cnn(CC(CN)c2ccccc2F)c1. The van der Waals surface area contributed by atoms with Crippen molar-refractivity contribution in [3.8, 4) is 0 Å². The Morgan fingerprint density at radius 3 is 2.76 bits per heavy atom. The summed E-state index contributed by atoms with van der Waals surface area (Å²) in [6.45, 7) is 2.98. The zero-order valence-corrected chi connectivity index (χ0v) is 9.81. The Bertz CT molecular complexity index is 493. The molecule has 2 rings (SSSR count). The van der Waals surface area contributed by atoms with Crippen molar-refractivity contribution in [2.24, 2.45) is 5.73 Å². The van der Waals surface area contributed by atoms with Crippen LogP contribution in [0.3, 0.4) is 0 Å². The van der Waals surface area contributed by atoms with Gasteiger partial charge in [-0.25, -0.2) is 4.39 Å². The van der Waals surface area contributed by atoms with Gasteiger partial charge in [-0.1, -0.05) is 18.2 Å². The molecule has 1 aromatic carbocycles. The largest absolute Gasteiger partial charge is 0.330 e. The molecule has 17 heavy (non-hydrogen) atoms. The highest BCUT2D eigenvalue weighted by atomic mass is 19.1. The van der Waals surface area contributed by atoms with Crippen molar-refractivity contribution < 1.29 is 4.39 Å². The third-order valence-corrected chi connectivity index (χ3v) is 2.80. The van der Waals surface area contributed by atoms with Crippen LogP contribution in [0.25, 0.3) is 0 Å². The maximum Gasteiger partial charge on any atom is 0.126 e. The van der Waals surface area contributed by atoms with Crippen LogP contribution in [0.5, 0.6) is 0 Å². The Morgan fingerprint density at radius 2 is 2.18 bits per heavy atom. The van der Waals surface area contributed by atoms with Crippen molar-refractivity contribution in [2.75, 3.05) is 6.54 Å². The van der Waals surface area contributed by atoms with Gasteiger partial charge in [-0.3, -0.25) is 4.68 Å². The molecular weight excluding hydrogens is 217 g/mol. The number of rotatable bonds is 4. The van der Waals surface area contributed by atoms with E-state index in [2.05, 4.69) is 5.10 Å². The van der Waals surface area contributed by atoms with Crippen molar-refractivity contribution in [3.05, 3.63) is 53.6 Å². The predicted octanol–water partition coefficient (Wildman–Crippen LogP) is 2.07. The summed E-state index contributed by atoms with van der Waals surface area (Å²) in [7, 11) is 0. The summed E-state index contributed by atoms with van der Waals surface area (Å²) in [5.74, 6) is -0.248. The Balaban J connectivity index is 2.20. The number of hydrogen-bond donors (Lipinski definition) is 1. The second kappa shape index (κ2) is 5.10. The second-order valence-corrected chi connectivity index (χ2v) is 4.19. The molecule has 2 aromatic rings. The first-order valence-electron chi connectivity index (χ1n) is 5.64. The van der Waals surface area contributed by atoms with Crippen LogP contribution in [0.2, 0.25) is 0 Å². The lowest BCUT2D eigenvalue weighted by Crippen LogP contribution is -2.19. The lowest BCUT2D eigenvalue weighted by Gasteiger charge is -2.15. The average Bonchev–Trinajstić information content (AvgIpc) is 2.73. The van der Waals surface area contributed by atoms with Gasteiger partial charge < -0.3 is 5.73 Å². The average molecular weight is 233 g/mol. The van der Waals surface area contributed by atoms with E-state index in [0.29, 0.717) is 18.7 Å². The molecule has 1 heterocycles. The van der Waals surface area contributed by atoms with Gasteiger partial charge in [0.05, 0.1) is 6.20 Å². The van der Waals surface area contributed by atoms with Crippen molar-refractivity contribution in [1.29, 1.82) is 0 Å². The van der Waals surface area contributed by atoms with E-state index in [-0.39, 0.29) is 11.7 Å². The minimum absolute atomic E-state index is 0.0458. The topological polar surface area (TPSA) is 43.8 Å². The molecule has 0 aliphatic carbocycles. The van der Waals surface area contributed by atoms with Crippen molar-refractivity contribution in [2.45, 2.75) is 19.4 Å². The zero-order chi connectivity index (χ0) is 12.3. The van der Waals surface area contributed by atoms with Gasteiger partial charge in [-0.2, -0.15) is 5.10 Å². The molecule has 0 aliphatic heterocycles. The minimum atomic E-state index is -0.202. The summed E-state index contributed by atoms with van der Waals surface area (Å²) < 4.78 is 15.5. The zero-order valence-electron chi connectivity index (χ0n) is 9.81. The van der Waals surface area contributed by atoms with Crippen LogP contribution in [-0.4, -0.2) is 16.3 Å². The summed E-state index contributed by atoms with van der Waals surface area (Å²) in [4.78, 5) is 0. The van der Waals surface area contributed by atoms with Gasteiger partial charge in [0.2, 0.25) is 0 Å². The summed E-state index contributed by atoms with van der Waals surface area (Å²) in [5.41, 5.74) is 7.47. The molecule has 4 heteroatoms.